The van der Waals surface area contributed by atoms with Gasteiger partial charge in [-0.2, -0.15) is 0 Å². The molecule has 26 heavy (non-hydrogen) atoms. The second-order valence-corrected chi connectivity index (χ2v) is 8.11. The van der Waals surface area contributed by atoms with Crippen LogP contribution in [-0.2, 0) is 4.79 Å². The van der Waals surface area contributed by atoms with Gasteiger partial charge in [-0.1, -0.05) is 51.5 Å². The SMILES string of the molecule is O=C1/C(=C/c2cc(Br)cc(Cl)c2O)SC(=S)N1c1ccc([N+](=O)[O-])cc1. The minimum absolute atomic E-state index is 0.0802. The van der Waals surface area contributed by atoms with Crippen LogP contribution in [0.15, 0.2) is 45.8 Å². The van der Waals surface area contributed by atoms with E-state index < -0.39 is 4.92 Å². The first kappa shape index (κ1) is 18.8. The molecule has 2 aromatic rings. The number of nitro benzene ring substituents is 1. The van der Waals surface area contributed by atoms with Crippen LogP contribution in [0.5, 0.6) is 5.75 Å². The van der Waals surface area contributed by atoms with E-state index in [1.807, 2.05) is 0 Å². The highest BCUT2D eigenvalue weighted by Gasteiger charge is 2.33. The lowest BCUT2D eigenvalue weighted by Gasteiger charge is -2.14. The zero-order valence-electron chi connectivity index (χ0n) is 12.7. The summed E-state index contributed by atoms with van der Waals surface area (Å²) in [6, 6.07) is 8.68. The number of hydrogen-bond donors (Lipinski definition) is 1. The van der Waals surface area contributed by atoms with Crippen molar-refractivity contribution >= 4 is 79.2 Å². The molecule has 1 heterocycles. The Morgan fingerprint density at radius 3 is 2.58 bits per heavy atom. The lowest BCUT2D eigenvalue weighted by atomic mass is 10.2. The first-order valence-electron chi connectivity index (χ1n) is 6.98. The summed E-state index contributed by atoms with van der Waals surface area (Å²) in [5.41, 5.74) is 0.718. The summed E-state index contributed by atoms with van der Waals surface area (Å²) in [5, 5.41) is 21.0. The minimum Gasteiger partial charge on any atom is -0.506 e. The van der Waals surface area contributed by atoms with Crippen LogP contribution in [-0.4, -0.2) is 20.3 Å². The van der Waals surface area contributed by atoms with Gasteiger partial charge in [0.05, 0.1) is 20.5 Å². The number of hydrogen-bond acceptors (Lipinski definition) is 6. The summed E-state index contributed by atoms with van der Waals surface area (Å²) >= 11 is 15.6. The molecule has 6 nitrogen and oxygen atoms in total. The van der Waals surface area contributed by atoms with Crippen LogP contribution in [0.25, 0.3) is 6.08 Å². The maximum atomic E-state index is 12.7. The first-order valence-corrected chi connectivity index (χ1v) is 9.38. The normalized spacial score (nSPS) is 15.8. The fourth-order valence-corrected chi connectivity index (χ4v) is 4.37. The summed E-state index contributed by atoms with van der Waals surface area (Å²) in [6.45, 7) is 0. The Hall–Kier alpha value is -1.94. The third-order valence-electron chi connectivity index (χ3n) is 3.46. The molecule has 1 aliphatic rings. The van der Waals surface area contributed by atoms with E-state index in [4.69, 9.17) is 23.8 Å². The Morgan fingerprint density at radius 1 is 1.31 bits per heavy atom. The lowest BCUT2D eigenvalue weighted by molar-refractivity contribution is -0.384. The van der Waals surface area contributed by atoms with Crippen LogP contribution < -0.4 is 4.90 Å². The smallest absolute Gasteiger partial charge is 0.270 e. The van der Waals surface area contributed by atoms with Gasteiger partial charge in [0.2, 0.25) is 0 Å². The number of halogens is 2. The molecule has 132 valence electrons. The number of nitro groups is 1. The lowest BCUT2D eigenvalue weighted by Crippen LogP contribution is -2.27. The molecule has 1 aliphatic heterocycles. The standard InChI is InChI=1S/C16H8BrClN2O4S2/c17-9-5-8(14(21)12(18)7-9)6-13-15(22)19(16(25)26-13)10-1-3-11(4-2-10)20(23)24/h1-7,21H/b13-6-. The number of amides is 1. The van der Waals surface area contributed by atoms with Gasteiger partial charge >= 0.3 is 0 Å². The molecule has 0 spiro atoms. The van der Waals surface area contributed by atoms with Crippen molar-refractivity contribution in [3.8, 4) is 5.75 Å². The van der Waals surface area contributed by atoms with Gasteiger partial charge in [-0.25, -0.2) is 0 Å². The van der Waals surface area contributed by atoms with Gasteiger partial charge in [0.25, 0.3) is 11.6 Å². The second kappa shape index (κ2) is 7.36. The summed E-state index contributed by atoms with van der Waals surface area (Å²) in [7, 11) is 0. The maximum absolute atomic E-state index is 12.7. The van der Waals surface area contributed by atoms with E-state index in [0.717, 1.165) is 11.8 Å². The Kier molecular flexibility index (Phi) is 5.33. The van der Waals surface area contributed by atoms with Crippen molar-refractivity contribution in [1.29, 1.82) is 0 Å². The Bertz CT molecular complexity index is 979. The molecule has 10 heteroatoms. The number of nitrogens with zero attached hydrogens (tertiary/aromatic N) is 2. The first-order chi connectivity index (χ1) is 12.3. The number of carbonyl (C=O) groups is 1. The van der Waals surface area contributed by atoms with E-state index in [1.54, 1.807) is 6.07 Å². The summed E-state index contributed by atoms with van der Waals surface area (Å²) in [5.74, 6) is -0.528. The number of non-ortho nitro benzene ring substituents is 1. The molecule has 1 N–H and O–H groups in total. The predicted octanol–water partition coefficient (Wildman–Crippen LogP) is 5.12. The van der Waals surface area contributed by atoms with Crippen LogP contribution in [0.2, 0.25) is 5.02 Å². The number of thiocarbonyl (C=S) groups is 1. The molecule has 1 saturated heterocycles. The van der Waals surface area contributed by atoms with E-state index in [1.165, 1.54) is 41.3 Å². The second-order valence-electron chi connectivity index (χ2n) is 5.12. The van der Waals surface area contributed by atoms with Crippen LogP contribution in [0, 0.1) is 10.1 Å². The van der Waals surface area contributed by atoms with Gasteiger partial charge in [-0.05, 0) is 30.3 Å². The number of aromatic hydroxyl groups is 1. The fourth-order valence-electron chi connectivity index (χ4n) is 2.25. The molecule has 0 atom stereocenters. The van der Waals surface area contributed by atoms with Crippen molar-refractivity contribution < 1.29 is 14.8 Å². The monoisotopic (exact) mass is 470 g/mol. The van der Waals surface area contributed by atoms with Crippen LogP contribution >= 0.6 is 51.5 Å². The van der Waals surface area contributed by atoms with Crippen molar-refractivity contribution in [2.75, 3.05) is 4.90 Å². The number of phenolic OH excluding ortho intramolecular Hbond substituents is 1. The maximum Gasteiger partial charge on any atom is 0.270 e. The number of benzene rings is 2. The van der Waals surface area contributed by atoms with Gasteiger partial charge in [-0.15, -0.1) is 0 Å². The highest BCUT2D eigenvalue weighted by Crippen LogP contribution is 2.39. The molecule has 0 unspecified atom stereocenters. The van der Waals surface area contributed by atoms with Crippen molar-refractivity contribution in [3.63, 3.8) is 0 Å². The Morgan fingerprint density at radius 2 is 1.96 bits per heavy atom. The molecule has 0 aliphatic carbocycles. The third-order valence-corrected chi connectivity index (χ3v) is 5.50. The van der Waals surface area contributed by atoms with Gasteiger partial charge in [0.15, 0.2) is 4.32 Å². The summed E-state index contributed by atoms with van der Waals surface area (Å²) < 4.78 is 0.938. The summed E-state index contributed by atoms with van der Waals surface area (Å²) in [4.78, 5) is 24.5. The van der Waals surface area contributed by atoms with Gasteiger partial charge in [0, 0.05) is 22.2 Å². The van der Waals surface area contributed by atoms with E-state index in [2.05, 4.69) is 15.9 Å². The van der Waals surface area contributed by atoms with E-state index in [-0.39, 0.29) is 26.7 Å². The molecule has 0 bridgehead atoms. The van der Waals surface area contributed by atoms with Gasteiger partial charge in [0.1, 0.15) is 5.75 Å². The number of phenols is 1. The van der Waals surface area contributed by atoms with Crippen LogP contribution in [0.1, 0.15) is 5.56 Å². The van der Waals surface area contributed by atoms with Crippen molar-refractivity contribution in [2.45, 2.75) is 0 Å². The molecule has 0 aromatic heterocycles. The fraction of sp³-hybridized carbons (Fsp3) is 0. The number of carbonyl (C=O) groups excluding carboxylic acids is 1. The van der Waals surface area contributed by atoms with E-state index >= 15 is 0 Å². The number of thioether (sulfide) groups is 1. The predicted molar refractivity (Wildman–Crippen MR) is 110 cm³/mol. The highest BCUT2D eigenvalue weighted by atomic mass is 79.9. The molecular weight excluding hydrogens is 464 g/mol. The molecular formula is C16H8BrClN2O4S2. The molecule has 0 saturated carbocycles. The average molecular weight is 472 g/mol. The number of anilines is 1. The van der Waals surface area contributed by atoms with Gasteiger partial charge in [-0.3, -0.25) is 19.8 Å². The van der Waals surface area contributed by atoms with Crippen LogP contribution in [0.3, 0.4) is 0 Å². The zero-order valence-corrected chi connectivity index (χ0v) is 16.7. The topological polar surface area (TPSA) is 83.7 Å². The van der Waals surface area contributed by atoms with Gasteiger partial charge < -0.3 is 5.11 Å². The molecule has 1 fully saturated rings. The van der Waals surface area contributed by atoms with Crippen molar-refractivity contribution in [1.82, 2.24) is 0 Å². The average Bonchev–Trinajstić information content (AvgIpc) is 2.86. The Labute approximate surface area is 170 Å². The van der Waals surface area contributed by atoms with Crippen LogP contribution in [0.4, 0.5) is 11.4 Å². The Balaban J connectivity index is 1.95. The number of rotatable bonds is 3. The van der Waals surface area contributed by atoms with Crippen molar-refractivity contribution in [2.24, 2.45) is 0 Å². The van der Waals surface area contributed by atoms with E-state index in [0.29, 0.717) is 20.6 Å². The largest absolute Gasteiger partial charge is 0.506 e. The quantitative estimate of drug-likeness (QED) is 0.289. The third kappa shape index (κ3) is 3.61. The minimum atomic E-state index is -0.520. The molecule has 1 amide bonds. The van der Waals surface area contributed by atoms with E-state index in [9.17, 15) is 20.0 Å². The van der Waals surface area contributed by atoms with Crippen molar-refractivity contribution in [3.05, 3.63) is 66.5 Å². The molecule has 0 radical (unpaired) electrons. The zero-order chi connectivity index (χ0) is 19.0. The molecule has 2 aromatic carbocycles. The molecule has 3 rings (SSSR count). The highest BCUT2D eigenvalue weighted by molar-refractivity contribution is 9.10. The summed E-state index contributed by atoms with van der Waals surface area (Å²) in [6.07, 6.45) is 1.50.